The Kier molecular flexibility index (Phi) is 4.06. The highest BCUT2D eigenvalue weighted by Crippen LogP contribution is 2.38. The molecule has 4 rings (SSSR count). The Balaban J connectivity index is 1.69. The highest BCUT2D eigenvalue weighted by atomic mass is 79.9. The molecule has 0 fully saturated rings. The smallest absolute Gasteiger partial charge is 0.259 e. The second-order valence-electron chi connectivity index (χ2n) is 6.72. The first-order chi connectivity index (χ1) is 12.3. The number of halogens is 1. The maximum atomic E-state index is 10.4. The van der Waals surface area contributed by atoms with Gasteiger partial charge < -0.3 is 20.1 Å². The van der Waals surface area contributed by atoms with Crippen molar-refractivity contribution in [2.45, 2.75) is 31.6 Å². The van der Waals surface area contributed by atoms with Crippen LogP contribution in [0.2, 0.25) is 0 Å². The standard InChI is InChI=1S/C18H17BrN4O3/c1-18(2)14(24)13(20)12-7-10(8-21-17(12)25-18)16-22-15(23-26-16)9-3-5-11(19)6-4-9/h3-8,13-14,24H,20H2,1-2H3/t13-,14+/m1/s1. The summed E-state index contributed by atoms with van der Waals surface area (Å²) in [5.74, 6) is 1.21. The summed E-state index contributed by atoms with van der Waals surface area (Å²) in [5.41, 5.74) is 7.44. The Morgan fingerprint density at radius 3 is 2.65 bits per heavy atom. The number of hydrogen-bond acceptors (Lipinski definition) is 7. The third kappa shape index (κ3) is 2.90. The predicted octanol–water partition coefficient (Wildman–Crippen LogP) is 3.09. The van der Waals surface area contributed by atoms with Gasteiger partial charge in [-0.1, -0.05) is 21.1 Å². The number of rotatable bonds is 2. The number of hydrogen-bond donors (Lipinski definition) is 2. The van der Waals surface area contributed by atoms with E-state index in [0.29, 0.717) is 28.7 Å². The van der Waals surface area contributed by atoms with E-state index in [4.69, 9.17) is 15.0 Å². The van der Waals surface area contributed by atoms with E-state index >= 15 is 0 Å². The molecular formula is C18H17BrN4O3. The molecule has 2 aromatic heterocycles. The Labute approximate surface area is 158 Å². The van der Waals surface area contributed by atoms with Crippen LogP contribution < -0.4 is 10.5 Å². The van der Waals surface area contributed by atoms with Crippen molar-refractivity contribution in [2.75, 3.05) is 0 Å². The summed E-state index contributed by atoms with van der Waals surface area (Å²) in [4.78, 5) is 8.75. The van der Waals surface area contributed by atoms with Gasteiger partial charge in [0.2, 0.25) is 11.7 Å². The number of aliphatic hydroxyl groups excluding tert-OH is 1. The molecule has 0 saturated heterocycles. The van der Waals surface area contributed by atoms with E-state index < -0.39 is 17.7 Å². The summed E-state index contributed by atoms with van der Waals surface area (Å²) >= 11 is 3.40. The summed E-state index contributed by atoms with van der Waals surface area (Å²) < 4.78 is 12.1. The van der Waals surface area contributed by atoms with E-state index in [1.165, 1.54) is 0 Å². The van der Waals surface area contributed by atoms with Crippen LogP contribution in [0.25, 0.3) is 22.8 Å². The molecule has 1 aromatic carbocycles. The molecule has 1 aliphatic heterocycles. The van der Waals surface area contributed by atoms with Crippen molar-refractivity contribution in [3.8, 4) is 28.7 Å². The number of pyridine rings is 1. The summed E-state index contributed by atoms with van der Waals surface area (Å²) in [7, 11) is 0. The lowest BCUT2D eigenvalue weighted by Gasteiger charge is -2.39. The van der Waals surface area contributed by atoms with E-state index in [1.54, 1.807) is 26.1 Å². The van der Waals surface area contributed by atoms with Gasteiger partial charge in [0.05, 0.1) is 11.6 Å². The van der Waals surface area contributed by atoms with Gasteiger partial charge in [0.25, 0.3) is 5.89 Å². The van der Waals surface area contributed by atoms with Crippen molar-refractivity contribution in [1.82, 2.24) is 15.1 Å². The molecule has 0 spiro atoms. The van der Waals surface area contributed by atoms with Gasteiger partial charge in [-0.3, -0.25) is 0 Å². The number of nitrogens with two attached hydrogens (primary N) is 1. The molecule has 8 heteroatoms. The third-order valence-electron chi connectivity index (χ3n) is 4.43. The number of ether oxygens (including phenoxy) is 1. The first-order valence-corrected chi connectivity index (χ1v) is 8.87. The first-order valence-electron chi connectivity index (χ1n) is 8.08. The van der Waals surface area contributed by atoms with Gasteiger partial charge in [-0.05, 0) is 44.2 Å². The molecule has 26 heavy (non-hydrogen) atoms. The zero-order valence-electron chi connectivity index (χ0n) is 14.2. The van der Waals surface area contributed by atoms with Crippen LogP contribution >= 0.6 is 15.9 Å². The Morgan fingerprint density at radius 2 is 1.92 bits per heavy atom. The normalized spacial score (nSPS) is 21.1. The van der Waals surface area contributed by atoms with Crippen LogP contribution in [0.5, 0.6) is 5.88 Å². The van der Waals surface area contributed by atoms with Crippen molar-refractivity contribution in [1.29, 1.82) is 0 Å². The maximum Gasteiger partial charge on any atom is 0.259 e. The average molecular weight is 417 g/mol. The van der Waals surface area contributed by atoms with E-state index in [2.05, 4.69) is 31.1 Å². The van der Waals surface area contributed by atoms with Gasteiger partial charge in [-0.25, -0.2) is 4.98 Å². The van der Waals surface area contributed by atoms with Crippen molar-refractivity contribution in [2.24, 2.45) is 5.73 Å². The van der Waals surface area contributed by atoms with Crippen LogP contribution in [-0.4, -0.2) is 31.9 Å². The van der Waals surface area contributed by atoms with Crippen LogP contribution in [0.3, 0.4) is 0 Å². The Bertz CT molecular complexity index is 955. The van der Waals surface area contributed by atoms with E-state index in [-0.39, 0.29) is 0 Å². The number of aromatic nitrogens is 3. The van der Waals surface area contributed by atoms with Crippen LogP contribution in [0.4, 0.5) is 0 Å². The fraction of sp³-hybridized carbons (Fsp3) is 0.278. The van der Waals surface area contributed by atoms with Crippen LogP contribution in [-0.2, 0) is 0 Å². The highest BCUT2D eigenvalue weighted by molar-refractivity contribution is 9.10. The zero-order chi connectivity index (χ0) is 18.5. The summed E-state index contributed by atoms with van der Waals surface area (Å²) in [5, 5.41) is 14.4. The highest BCUT2D eigenvalue weighted by Gasteiger charge is 2.42. The minimum Gasteiger partial charge on any atom is -0.469 e. The minimum atomic E-state index is -0.854. The number of nitrogens with zero attached hydrogens (tertiary/aromatic N) is 3. The van der Waals surface area contributed by atoms with E-state index in [9.17, 15) is 5.11 Å². The van der Waals surface area contributed by atoms with Gasteiger partial charge >= 0.3 is 0 Å². The summed E-state index contributed by atoms with van der Waals surface area (Å²) in [6.45, 7) is 3.55. The third-order valence-corrected chi connectivity index (χ3v) is 4.95. The quantitative estimate of drug-likeness (QED) is 0.660. The predicted molar refractivity (Wildman–Crippen MR) is 98.3 cm³/mol. The fourth-order valence-corrected chi connectivity index (χ4v) is 3.14. The van der Waals surface area contributed by atoms with Crippen molar-refractivity contribution in [3.63, 3.8) is 0 Å². The second-order valence-corrected chi connectivity index (χ2v) is 7.64. The van der Waals surface area contributed by atoms with Crippen molar-refractivity contribution in [3.05, 3.63) is 46.6 Å². The van der Waals surface area contributed by atoms with Gasteiger partial charge in [0.15, 0.2) is 0 Å². The molecule has 2 atom stereocenters. The molecular weight excluding hydrogens is 400 g/mol. The zero-order valence-corrected chi connectivity index (χ0v) is 15.8. The maximum absolute atomic E-state index is 10.4. The van der Waals surface area contributed by atoms with Crippen molar-refractivity contribution < 1.29 is 14.4 Å². The Hall–Kier alpha value is -2.29. The molecule has 0 unspecified atom stereocenters. The first kappa shape index (κ1) is 17.1. The number of benzene rings is 1. The molecule has 134 valence electrons. The lowest BCUT2D eigenvalue weighted by Crippen LogP contribution is -2.51. The monoisotopic (exact) mass is 416 g/mol. The molecule has 0 bridgehead atoms. The molecule has 3 heterocycles. The largest absolute Gasteiger partial charge is 0.469 e. The molecule has 0 saturated carbocycles. The molecule has 0 radical (unpaired) electrons. The lowest BCUT2D eigenvalue weighted by molar-refractivity contribution is -0.0601. The lowest BCUT2D eigenvalue weighted by atomic mass is 9.88. The van der Waals surface area contributed by atoms with Gasteiger partial charge in [0.1, 0.15) is 11.7 Å². The molecule has 3 N–H and O–H groups in total. The van der Waals surface area contributed by atoms with Crippen LogP contribution in [0.15, 0.2) is 45.5 Å². The fourth-order valence-electron chi connectivity index (χ4n) is 2.88. The molecule has 0 amide bonds. The minimum absolute atomic E-state index is 0.324. The molecule has 0 aliphatic carbocycles. The Morgan fingerprint density at radius 1 is 1.19 bits per heavy atom. The topological polar surface area (TPSA) is 107 Å². The summed E-state index contributed by atoms with van der Waals surface area (Å²) in [6.07, 6.45) is 0.742. The number of aliphatic hydroxyl groups is 1. The second kappa shape index (κ2) is 6.15. The molecule has 7 nitrogen and oxygen atoms in total. The average Bonchev–Trinajstić information content (AvgIpc) is 3.10. The van der Waals surface area contributed by atoms with Crippen LogP contribution in [0, 0.1) is 0 Å². The summed E-state index contributed by atoms with van der Waals surface area (Å²) in [6, 6.07) is 8.76. The van der Waals surface area contributed by atoms with Gasteiger partial charge in [-0.15, -0.1) is 0 Å². The van der Waals surface area contributed by atoms with Gasteiger partial charge in [0, 0.05) is 21.8 Å². The SMILES string of the molecule is CC1(C)Oc2ncc(-c3nc(-c4ccc(Br)cc4)no3)cc2[C@@H](N)[C@@H]1O. The van der Waals surface area contributed by atoms with Gasteiger partial charge in [-0.2, -0.15) is 4.98 Å². The van der Waals surface area contributed by atoms with Crippen LogP contribution in [0.1, 0.15) is 25.5 Å². The number of fused-ring (bicyclic) bond motifs is 1. The van der Waals surface area contributed by atoms with E-state index in [0.717, 1.165) is 10.0 Å². The molecule has 3 aromatic rings. The van der Waals surface area contributed by atoms with Crippen molar-refractivity contribution >= 4 is 15.9 Å². The van der Waals surface area contributed by atoms with E-state index in [1.807, 2.05) is 24.3 Å². The molecule has 1 aliphatic rings.